The van der Waals surface area contributed by atoms with E-state index in [1.165, 1.54) is 172 Å². The number of hydrogen-bond acceptors (Lipinski definition) is 2. The summed E-state index contributed by atoms with van der Waals surface area (Å²) in [5, 5.41) is 20.6. The molecule has 0 radical (unpaired) electrons. The van der Waals surface area contributed by atoms with E-state index in [1.807, 2.05) is 22.7 Å². The summed E-state index contributed by atoms with van der Waals surface area (Å²) in [7, 11) is 0. The number of thiophene rings is 2. The Morgan fingerprint density at radius 3 is 1.05 bits per heavy atom. The predicted octanol–water partition coefficient (Wildman–Crippen LogP) is 23.3. The van der Waals surface area contributed by atoms with Gasteiger partial charge in [0.25, 0.3) is 0 Å². The monoisotopic (exact) mass is 1050 g/mol. The second-order valence-electron chi connectivity index (χ2n) is 21.4. The lowest BCUT2D eigenvalue weighted by atomic mass is 9.88. The first-order valence-electron chi connectivity index (χ1n) is 27.5. The summed E-state index contributed by atoms with van der Waals surface area (Å²) in [6, 6.07) is 104. The van der Waals surface area contributed by atoms with Crippen molar-refractivity contribution < 1.29 is 0 Å². The fourth-order valence-electron chi connectivity index (χ4n) is 13.3. The van der Waals surface area contributed by atoms with Crippen LogP contribution in [-0.4, -0.2) is 0 Å². The Morgan fingerprint density at radius 1 is 0.163 bits per heavy atom. The molecule has 0 atom stereocenters. The second-order valence-corrected chi connectivity index (χ2v) is 23.4. The standard InChI is InChI=1S/C78H46S2/c1-2-16-47(17-3-1)56-29-14-31-68-69-32-15-30-57(77(69)80-76(56)68)52-20-12-18-48(42-52)51-35-38-66-62-25-7-9-27-64(62)73-46-54(36-39-67(73)72(66)45-51)55-40-41-58(78-75(55)70-28-10-11-33-74(70)79-78)53-21-13-19-49(43-53)50-34-37-65-61-24-5-4-22-59(61)60-23-6-8-26-63(60)71(65)44-50/h1-46H. The van der Waals surface area contributed by atoms with Gasteiger partial charge in [0.15, 0.2) is 0 Å². The molecule has 2 heteroatoms. The van der Waals surface area contributed by atoms with Crippen molar-refractivity contribution >= 4 is 128 Å². The lowest BCUT2D eigenvalue weighted by Gasteiger charge is -2.15. The van der Waals surface area contributed by atoms with Crippen LogP contribution in [0.3, 0.4) is 0 Å². The Kier molecular flexibility index (Phi) is 10.2. The molecule has 370 valence electrons. The Bertz CT molecular complexity index is 5390. The van der Waals surface area contributed by atoms with Gasteiger partial charge in [0.05, 0.1) is 0 Å². The number of rotatable bonds is 6. The summed E-state index contributed by atoms with van der Waals surface area (Å²) < 4.78 is 5.27. The molecule has 0 fully saturated rings. The van der Waals surface area contributed by atoms with E-state index in [-0.39, 0.29) is 0 Å². The van der Waals surface area contributed by atoms with Crippen molar-refractivity contribution in [3.8, 4) is 66.8 Å². The first kappa shape index (κ1) is 45.3. The first-order chi connectivity index (χ1) is 39.7. The molecular weight excluding hydrogens is 1000 g/mol. The van der Waals surface area contributed by atoms with Crippen molar-refractivity contribution in [3.63, 3.8) is 0 Å². The van der Waals surface area contributed by atoms with Gasteiger partial charge in [0, 0.05) is 40.3 Å². The number of benzene rings is 15. The highest BCUT2D eigenvalue weighted by Gasteiger charge is 2.20. The minimum absolute atomic E-state index is 1.21. The third-order valence-corrected chi connectivity index (χ3v) is 19.5. The molecule has 0 N–H and O–H groups in total. The van der Waals surface area contributed by atoms with Gasteiger partial charge in [-0.15, -0.1) is 22.7 Å². The average Bonchev–Trinajstić information content (AvgIpc) is 4.18. The van der Waals surface area contributed by atoms with Crippen LogP contribution >= 0.6 is 22.7 Å². The Labute approximate surface area is 470 Å². The summed E-state index contributed by atoms with van der Waals surface area (Å²) >= 11 is 3.82. The van der Waals surface area contributed by atoms with E-state index >= 15 is 0 Å². The van der Waals surface area contributed by atoms with Crippen molar-refractivity contribution in [2.24, 2.45) is 0 Å². The van der Waals surface area contributed by atoms with Crippen LogP contribution in [0.15, 0.2) is 279 Å². The zero-order valence-corrected chi connectivity index (χ0v) is 45.0. The molecule has 0 nitrogen and oxygen atoms in total. The SMILES string of the molecule is c1ccc(-c2cccc3c2sc2c(-c4cccc(-c5ccc6c7ccccc7c7cc(-c8ccc(-c9cccc(-c%10ccc%11c%12ccccc%12c%12ccccc%12c%11c%10)c9)c9sc%10ccccc%10c89)ccc7c6c5)c4)cccc23)cc1. The summed E-state index contributed by atoms with van der Waals surface area (Å²) in [6.07, 6.45) is 0. The van der Waals surface area contributed by atoms with Crippen LogP contribution < -0.4 is 0 Å². The molecule has 0 aliphatic heterocycles. The lowest BCUT2D eigenvalue weighted by Crippen LogP contribution is -1.88. The molecule has 0 bridgehead atoms. The zero-order valence-electron chi connectivity index (χ0n) is 43.4. The summed E-state index contributed by atoms with van der Waals surface area (Å²) in [6.45, 7) is 0. The molecule has 0 amide bonds. The molecule has 0 unspecified atom stereocenters. The number of fused-ring (bicyclic) bond motifs is 18. The van der Waals surface area contributed by atoms with Crippen LogP contribution in [0.5, 0.6) is 0 Å². The van der Waals surface area contributed by atoms with Crippen molar-refractivity contribution in [2.75, 3.05) is 0 Å². The maximum atomic E-state index is 2.47. The molecule has 17 rings (SSSR count). The van der Waals surface area contributed by atoms with Crippen molar-refractivity contribution in [3.05, 3.63) is 279 Å². The van der Waals surface area contributed by atoms with E-state index in [4.69, 9.17) is 0 Å². The van der Waals surface area contributed by atoms with Gasteiger partial charge in [-0.1, -0.05) is 243 Å². The Balaban J connectivity index is 0.781. The van der Waals surface area contributed by atoms with Crippen LogP contribution in [0.2, 0.25) is 0 Å². The predicted molar refractivity (Wildman–Crippen MR) is 350 cm³/mol. The Hall–Kier alpha value is -9.70. The van der Waals surface area contributed by atoms with Gasteiger partial charge in [0.1, 0.15) is 0 Å². The van der Waals surface area contributed by atoms with Gasteiger partial charge in [-0.3, -0.25) is 0 Å². The molecular formula is C78H46S2. The average molecular weight is 1050 g/mol. The summed E-state index contributed by atoms with van der Waals surface area (Å²) in [5.41, 5.74) is 14.9. The summed E-state index contributed by atoms with van der Waals surface area (Å²) in [4.78, 5) is 0. The molecule has 15 aromatic carbocycles. The Morgan fingerprint density at radius 2 is 0.500 bits per heavy atom. The van der Waals surface area contributed by atoms with Crippen molar-refractivity contribution in [2.45, 2.75) is 0 Å². The summed E-state index contributed by atoms with van der Waals surface area (Å²) in [5.74, 6) is 0. The second kappa shape index (κ2) is 17.9. The molecule has 80 heavy (non-hydrogen) atoms. The van der Waals surface area contributed by atoms with Gasteiger partial charge in [-0.25, -0.2) is 0 Å². The smallest absolute Gasteiger partial charge is 0.0440 e. The van der Waals surface area contributed by atoms with Crippen LogP contribution in [0.25, 0.3) is 172 Å². The molecule has 17 aromatic rings. The highest BCUT2D eigenvalue weighted by Crippen LogP contribution is 2.49. The lowest BCUT2D eigenvalue weighted by molar-refractivity contribution is 1.63. The highest BCUT2D eigenvalue weighted by molar-refractivity contribution is 7.27. The first-order valence-corrected chi connectivity index (χ1v) is 29.2. The fraction of sp³-hybridized carbons (Fsp3) is 0. The van der Waals surface area contributed by atoms with E-state index in [1.54, 1.807) is 0 Å². The molecule has 0 saturated heterocycles. The maximum absolute atomic E-state index is 2.47. The topological polar surface area (TPSA) is 0 Å². The minimum Gasteiger partial charge on any atom is -0.135 e. The molecule has 2 heterocycles. The maximum Gasteiger partial charge on any atom is 0.0440 e. The van der Waals surface area contributed by atoms with Crippen LogP contribution in [0.4, 0.5) is 0 Å². The minimum atomic E-state index is 1.21. The molecule has 0 spiro atoms. The van der Waals surface area contributed by atoms with Crippen LogP contribution in [0, 0.1) is 0 Å². The third kappa shape index (κ3) is 6.99. The molecule has 2 aromatic heterocycles. The van der Waals surface area contributed by atoms with Crippen LogP contribution in [-0.2, 0) is 0 Å². The van der Waals surface area contributed by atoms with E-state index < -0.39 is 0 Å². The quantitative estimate of drug-likeness (QED) is 0.146. The highest BCUT2D eigenvalue weighted by atomic mass is 32.1. The van der Waals surface area contributed by atoms with Crippen molar-refractivity contribution in [1.82, 2.24) is 0 Å². The van der Waals surface area contributed by atoms with E-state index in [2.05, 4.69) is 279 Å². The van der Waals surface area contributed by atoms with Gasteiger partial charge in [-0.05, 0) is 168 Å². The normalized spacial score (nSPS) is 12.0. The van der Waals surface area contributed by atoms with Crippen LogP contribution in [0.1, 0.15) is 0 Å². The van der Waals surface area contributed by atoms with E-state index in [9.17, 15) is 0 Å². The fourth-order valence-corrected chi connectivity index (χ4v) is 15.9. The van der Waals surface area contributed by atoms with Crippen molar-refractivity contribution in [1.29, 1.82) is 0 Å². The van der Waals surface area contributed by atoms with Gasteiger partial charge in [0.2, 0.25) is 0 Å². The van der Waals surface area contributed by atoms with Gasteiger partial charge in [-0.2, -0.15) is 0 Å². The van der Waals surface area contributed by atoms with E-state index in [0.717, 1.165) is 0 Å². The third-order valence-electron chi connectivity index (χ3n) is 17.0. The zero-order chi connectivity index (χ0) is 52.4. The molecule has 0 aliphatic rings. The van der Waals surface area contributed by atoms with Gasteiger partial charge < -0.3 is 0 Å². The largest absolute Gasteiger partial charge is 0.135 e. The number of hydrogen-bond donors (Lipinski definition) is 0. The molecule has 0 saturated carbocycles. The molecule has 0 aliphatic carbocycles. The van der Waals surface area contributed by atoms with E-state index in [0.29, 0.717) is 0 Å². The van der Waals surface area contributed by atoms with Gasteiger partial charge >= 0.3 is 0 Å².